The van der Waals surface area contributed by atoms with Gasteiger partial charge in [0.05, 0.1) is 5.69 Å². The van der Waals surface area contributed by atoms with Gasteiger partial charge in [0.15, 0.2) is 11.6 Å². The molecule has 4 N–H and O–H groups in total. The van der Waals surface area contributed by atoms with Crippen LogP contribution in [0.1, 0.15) is 20.7 Å². The fraction of sp³-hybridized carbons (Fsp3) is 0. The van der Waals surface area contributed by atoms with Crippen LogP contribution in [0.3, 0.4) is 0 Å². The van der Waals surface area contributed by atoms with Crippen molar-refractivity contribution in [3.8, 4) is 22.8 Å². The number of carbonyl (C=O) groups excluding carboxylic acids is 2. The summed E-state index contributed by atoms with van der Waals surface area (Å²) in [5.74, 6) is 0.153. The topological polar surface area (TPSA) is 114 Å². The summed E-state index contributed by atoms with van der Waals surface area (Å²) in [6.45, 7) is 0. The summed E-state index contributed by atoms with van der Waals surface area (Å²) >= 11 is 0. The second kappa shape index (κ2) is 7.77. The summed E-state index contributed by atoms with van der Waals surface area (Å²) in [6.07, 6.45) is 0. The van der Waals surface area contributed by atoms with E-state index in [9.17, 15) is 9.59 Å². The van der Waals surface area contributed by atoms with Crippen molar-refractivity contribution in [1.82, 2.24) is 15.2 Å². The van der Waals surface area contributed by atoms with Crippen LogP contribution < -0.4 is 11.1 Å². The molecule has 3 aromatic carbocycles. The molecule has 1 heterocycles. The Morgan fingerprint density at radius 1 is 0.862 bits per heavy atom. The molecule has 0 fully saturated rings. The number of para-hydroxylation sites is 1. The minimum atomic E-state index is -0.588. The van der Waals surface area contributed by atoms with Gasteiger partial charge in [0.2, 0.25) is 5.91 Å². The number of carbonyl (C=O) groups is 2. The van der Waals surface area contributed by atoms with Crippen molar-refractivity contribution in [3.63, 3.8) is 0 Å². The molecule has 0 atom stereocenters. The first kappa shape index (κ1) is 18.1. The maximum absolute atomic E-state index is 12.7. The van der Waals surface area contributed by atoms with Crippen LogP contribution in [-0.4, -0.2) is 27.0 Å². The van der Waals surface area contributed by atoms with Crippen LogP contribution in [0.5, 0.6) is 0 Å². The second-order valence-electron chi connectivity index (χ2n) is 6.32. The fourth-order valence-electron chi connectivity index (χ4n) is 2.91. The Labute approximate surface area is 166 Å². The maximum atomic E-state index is 12.7. The molecular weight excluding hydrogens is 366 g/mol. The van der Waals surface area contributed by atoms with Crippen LogP contribution in [0.2, 0.25) is 0 Å². The molecule has 1 aromatic heterocycles. The van der Waals surface area contributed by atoms with Crippen LogP contribution >= 0.6 is 0 Å². The average molecular weight is 383 g/mol. The maximum Gasteiger partial charge on any atom is 0.255 e. The zero-order valence-electron chi connectivity index (χ0n) is 15.3. The molecule has 0 aliphatic rings. The average Bonchev–Trinajstić information content (AvgIpc) is 3.25. The van der Waals surface area contributed by atoms with Crippen LogP contribution in [0.25, 0.3) is 22.8 Å². The van der Waals surface area contributed by atoms with Gasteiger partial charge in [-0.1, -0.05) is 48.5 Å². The van der Waals surface area contributed by atoms with E-state index in [1.165, 1.54) is 6.07 Å². The highest BCUT2D eigenvalue weighted by Gasteiger charge is 2.14. The zero-order valence-corrected chi connectivity index (χ0v) is 15.3. The minimum absolute atomic E-state index is 0.272. The Hall–Kier alpha value is -4.26. The summed E-state index contributed by atoms with van der Waals surface area (Å²) in [6, 6.07) is 23.1. The molecule has 0 spiro atoms. The Morgan fingerprint density at radius 3 is 2.38 bits per heavy atom. The van der Waals surface area contributed by atoms with Crippen LogP contribution in [0, 0.1) is 0 Å². The lowest BCUT2D eigenvalue weighted by molar-refractivity contribution is 0.1000. The molecule has 0 radical (unpaired) electrons. The number of aromatic amines is 1. The Bertz CT molecular complexity index is 1180. The highest BCUT2D eigenvalue weighted by atomic mass is 16.2. The predicted octanol–water partition coefficient (Wildman–Crippen LogP) is 3.49. The van der Waals surface area contributed by atoms with Crippen LogP contribution in [0.4, 0.5) is 5.69 Å². The number of aromatic nitrogens is 3. The van der Waals surface area contributed by atoms with Crippen molar-refractivity contribution in [2.75, 3.05) is 5.32 Å². The van der Waals surface area contributed by atoms with Gasteiger partial charge >= 0.3 is 0 Å². The summed E-state index contributed by atoms with van der Waals surface area (Å²) in [5, 5.41) is 10.1. The molecule has 142 valence electrons. The molecule has 7 nitrogen and oxygen atoms in total. The second-order valence-corrected chi connectivity index (χ2v) is 6.32. The molecular formula is C22H17N5O2. The number of rotatable bonds is 5. The Morgan fingerprint density at radius 2 is 1.59 bits per heavy atom. The number of nitrogens with one attached hydrogen (secondary N) is 2. The SMILES string of the molecule is NC(=O)c1cccc(C(=O)Nc2ccccc2-c2nc(-c3ccccc3)n[nH]2)c1. The van der Waals surface area contributed by atoms with Gasteiger partial charge in [-0.3, -0.25) is 14.7 Å². The number of primary amides is 1. The van der Waals surface area contributed by atoms with E-state index in [1.807, 2.05) is 48.5 Å². The number of anilines is 1. The first-order chi connectivity index (χ1) is 14.1. The van der Waals surface area contributed by atoms with Gasteiger partial charge in [0.25, 0.3) is 5.91 Å². The van der Waals surface area contributed by atoms with E-state index >= 15 is 0 Å². The standard InChI is InChI=1S/C22H17N5O2/c23-19(28)15-9-6-10-16(13-15)22(29)24-18-12-5-4-11-17(18)21-25-20(26-27-21)14-7-2-1-3-8-14/h1-13H,(H2,23,28)(H,24,29)(H,25,26,27). The zero-order chi connectivity index (χ0) is 20.2. The van der Waals surface area contributed by atoms with Gasteiger partial charge in [0, 0.05) is 22.3 Å². The van der Waals surface area contributed by atoms with E-state index in [0.717, 1.165) is 5.56 Å². The van der Waals surface area contributed by atoms with Crippen LogP contribution in [-0.2, 0) is 0 Å². The number of nitrogens with zero attached hydrogens (tertiary/aromatic N) is 2. The highest BCUT2D eigenvalue weighted by Crippen LogP contribution is 2.27. The fourth-order valence-corrected chi connectivity index (χ4v) is 2.91. The molecule has 0 aliphatic carbocycles. The monoisotopic (exact) mass is 383 g/mol. The Kier molecular flexibility index (Phi) is 4.86. The van der Waals surface area contributed by atoms with Crippen molar-refractivity contribution < 1.29 is 9.59 Å². The largest absolute Gasteiger partial charge is 0.366 e. The third kappa shape index (κ3) is 3.89. The first-order valence-corrected chi connectivity index (χ1v) is 8.90. The van der Waals surface area contributed by atoms with E-state index in [4.69, 9.17) is 5.73 Å². The van der Waals surface area contributed by atoms with E-state index < -0.39 is 5.91 Å². The van der Waals surface area contributed by atoms with Gasteiger partial charge in [-0.2, -0.15) is 5.10 Å². The molecule has 4 rings (SSSR count). The van der Waals surface area contributed by atoms with Gasteiger partial charge in [-0.05, 0) is 30.3 Å². The van der Waals surface area contributed by atoms with Gasteiger partial charge in [0.1, 0.15) is 0 Å². The molecule has 0 saturated carbocycles. The summed E-state index contributed by atoms with van der Waals surface area (Å²) < 4.78 is 0. The third-order valence-corrected chi connectivity index (χ3v) is 4.36. The van der Waals surface area contributed by atoms with E-state index in [-0.39, 0.29) is 11.5 Å². The molecule has 7 heteroatoms. The van der Waals surface area contributed by atoms with Gasteiger partial charge in [-0.15, -0.1) is 0 Å². The van der Waals surface area contributed by atoms with E-state index in [1.54, 1.807) is 24.3 Å². The number of amides is 2. The molecule has 29 heavy (non-hydrogen) atoms. The molecule has 0 saturated heterocycles. The molecule has 0 bridgehead atoms. The van der Waals surface area contributed by atoms with Crippen molar-refractivity contribution in [3.05, 3.63) is 90.0 Å². The summed E-state index contributed by atoms with van der Waals surface area (Å²) in [5.41, 5.74) is 8.05. The number of hydrogen-bond donors (Lipinski definition) is 3. The summed E-state index contributed by atoms with van der Waals surface area (Å²) in [7, 11) is 0. The highest BCUT2D eigenvalue weighted by molar-refractivity contribution is 6.07. The molecule has 0 unspecified atom stereocenters. The van der Waals surface area contributed by atoms with Crippen molar-refractivity contribution >= 4 is 17.5 Å². The number of H-pyrrole nitrogens is 1. The van der Waals surface area contributed by atoms with Crippen molar-refractivity contribution in [2.45, 2.75) is 0 Å². The third-order valence-electron chi connectivity index (χ3n) is 4.36. The van der Waals surface area contributed by atoms with Gasteiger partial charge < -0.3 is 11.1 Å². The van der Waals surface area contributed by atoms with E-state index in [0.29, 0.717) is 28.5 Å². The number of nitrogens with two attached hydrogens (primary N) is 1. The minimum Gasteiger partial charge on any atom is -0.366 e. The predicted molar refractivity (Wildman–Crippen MR) is 110 cm³/mol. The van der Waals surface area contributed by atoms with Crippen molar-refractivity contribution in [1.29, 1.82) is 0 Å². The normalized spacial score (nSPS) is 10.5. The molecule has 4 aromatic rings. The van der Waals surface area contributed by atoms with E-state index in [2.05, 4.69) is 20.5 Å². The molecule has 0 aliphatic heterocycles. The van der Waals surface area contributed by atoms with Crippen molar-refractivity contribution in [2.24, 2.45) is 5.73 Å². The number of hydrogen-bond acceptors (Lipinski definition) is 4. The Balaban J connectivity index is 1.63. The number of benzene rings is 3. The first-order valence-electron chi connectivity index (χ1n) is 8.90. The quantitative estimate of drug-likeness (QED) is 0.489. The lowest BCUT2D eigenvalue weighted by Gasteiger charge is -2.09. The lowest BCUT2D eigenvalue weighted by Crippen LogP contribution is -2.15. The van der Waals surface area contributed by atoms with Crippen LogP contribution in [0.15, 0.2) is 78.9 Å². The smallest absolute Gasteiger partial charge is 0.255 e. The summed E-state index contributed by atoms with van der Waals surface area (Å²) in [4.78, 5) is 28.6. The molecule has 2 amide bonds. The van der Waals surface area contributed by atoms with Gasteiger partial charge in [-0.25, -0.2) is 4.98 Å². The lowest BCUT2D eigenvalue weighted by atomic mass is 10.1.